The van der Waals surface area contributed by atoms with Gasteiger partial charge in [-0.3, -0.25) is 19.6 Å². The van der Waals surface area contributed by atoms with Gasteiger partial charge in [0.1, 0.15) is 11.4 Å². The first-order valence-corrected chi connectivity index (χ1v) is 8.18. The molecule has 2 amide bonds. The van der Waals surface area contributed by atoms with E-state index < -0.39 is 0 Å². The summed E-state index contributed by atoms with van der Waals surface area (Å²) >= 11 is 0. The van der Waals surface area contributed by atoms with Gasteiger partial charge in [0.15, 0.2) is 0 Å². The Bertz CT molecular complexity index is 812. The number of nitrogens with zero attached hydrogens (tertiary/aromatic N) is 2. The summed E-state index contributed by atoms with van der Waals surface area (Å²) in [4.78, 5) is 32.1. The van der Waals surface area contributed by atoms with Gasteiger partial charge in [-0.25, -0.2) is 0 Å². The Balaban J connectivity index is 1.55. The number of hydrogen-bond donors (Lipinski definition) is 2. The topological polar surface area (TPSA) is 84.0 Å². The minimum atomic E-state index is -0.223. The summed E-state index contributed by atoms with van der Waals surface area (Å²) in [6, 6.07) is 18.1. The second-order valence-corrected chi connectivity index (χ2v) is 5.62. The van der Waals surface area contributed by atoms with Gasteiger partial charge >= 0.3 is 0 Å². The third kappa shape index (κ3) is 4.73. The number of benzene rings is 1. The number of rotatable bonds is 6. The van der Waals surface area contributed by atoms with Gasteiger partial charge in [-0.2, -0.15) is 0 Å². The summed E-state index contributed by atoms with van der Waals surface area (Å²) in [5.74, 6) is -0.445. The molecule has 0 atom stereocenters. The van der Waals surface area contributed by atoms with Gasteiger partial charge in [0.25, 0.3) is 11.8 Å². The van der Waals surface area contributed by atoms with E-state index in [-0.39, 0.29) is 11.8 Å². The fraction of sp³-hybridized carbons (Fsp3) is 0.100. The second kappa shape index (κ2) is 8.53. The molecule has 6 heteroatoms. The highest BCUT2D eigenvalue weighted by Gasteiger charge is 2.07. The Morgan fingerprint density at radius 2 is 1.19 bits per heavy atom. The summed E-state index contributed by atoms with van der Waals surface area (Å²) in [6.45, 7) is 0.773. The average molecular weight is 346 g/mol. The van der Waals surface area contributed by atoms with E-state index in [2.05, 4.69) is 20.6 Å². The summed E-state index contributed by atoms with van der Waals surface area (Å²) in [5, 5.41) is 5.67. The molecule has 2 aromatic heterocycles. The van der Waals surface area contributed by atoms with Crippen LogP contribution >= 0.6 is 0 Å². The lowest BCUT2D eigenvalue weighted by Crippen LogP contribution is -2.25. The Morgan fingerprint density at radius 3 is 1.62 bits per heavy atom. The van der Waals surface area contributed by atoms with Crippen molar-refractivity contribution in [2.24, 2.45) is 0 Å². The number of nitrogens with one attached hydrogen (secondary N) is 2. The molecular weight excluding hydrogens is 328 g/mol. The maximum atomic E-state index is 12.0. The maximum absolute atomic E-state index is 12.0. The fourth-order valence-electron chi connectivity index (χ4n) is 2.39. The van der Waals surface area contributed by atoms with Crippen molar-refractivity contribution in [3.63, 3.8) is 0 Å². The van der Waals surface area contributed by atoms with Crippen LogP contribution in [0, 0.1) is 0 Å². The number of pyridine rings is 2. The summed E-state index contributed by atoms with van der Waals surface area (Å²) in [5.41, 5.74) is 2.65. The molecule has 0 aliphatic carbocycles. The Hall–Kier alpha value is -3.54. The standard InChI is InChI=1S/C20H18N4O2/c25-19(17-8-1-3-10-21-17)23-13-15-6-5-7-16(12-15)14-24-20(26)18-9-2-4-11-22-18/h1-12H,13-14H2,(H,23,25)(H,24,26). The van der Waals surface area contributed by atoms with Crippen LogP contribution in [0.25, 0.3) is 0 Å². The van der Waals surface area contributed by atoms with Crippen LogP contribution in [0.15, 0.2) is 73.1 Å². The van der Waals surface area contributed by atoms with Crippen LogP contribution < -0.4 is 10.6 Å². The smallest absolute Gasteiger partial charge is 0.270 e. The van der Waals surface area contributed by atoms with Crippen molar-refractivity contribution in [3.8, 4) is 0 Å². The molecule has 0 unspecified atom stereocenters. The molecule has 26 heavy (non-hydrogen) atoms. The molecular formula is C20H18N4O2. The molecule has 0 bridgehead atoms. The first kappa shape index (κ1) is 17.3. The van der Waals surface area contributed by atoms with E-state index in [9.17, 15) is 9.59 Å². The molecule has 2 heterocycles. The highest BCUT2D eigenvalue weighted by atomic mass is 16.2. The third-order valence-corrected chi connectivity index (χ3v) is 3.69. The van der Waals surface area contributed by atoms with Gasteiger partial charge in [-0.05, 0) is 35.4 Å². The van der Waals surface area contributed by atoms with Crippen LogP contribution in [0.4, 0.5) is 0 Å². The molecule has 0 saturated heterocycles. The number of carbonyl (C=O) groups is 2. The van der Waals surface area contributed by atoms with Gasteiger partial charge in [0.2, 0.25) is 0 Å². The van der Waals surface area contributed by atoms with E-state index in [0.717, 1.165) is 11.1 Å². The predicted molar refractivity (Wildman–Crippen MR) is 97.3 cm³/mol. The minimum Gasteiger partial charge on any atom is -0.347 e. The van der Waals surface area contributed by atoms with Crippen LogP contribution in [0.5, 0.6) is 0 Å². The lowest BCUT2D eigenvalue weighted by atomic mass is 10.1. The summed E-state index contributed by atoms with van der Waals surface area (Å²) < 4.78 is 0. The number of hydrogen-bond acceptors (Lipinski definition) is 4. The molecule has 0 fully saturated rings. The molecule has 2 N–H and O–H groups in total. The first-order valence-electron chi connectivity index (χ1n) is 8.18. The van der Waals surface area contributed by atoms with Gasteiger partial charge in [0.05, 0.1) is 0 Å². The number of amides is 2. The Labute approximate surface area is 151 Å². The molecule has 0 radical (unpaired) electrons. The third-order valence-electron chi connectivity index (χ3n) is 3.69. The molecule has 1 aromatic carbocycles. The van der Waals surface area contributed by atoms with Crippen molar-refractivity contribution in [1.82, 2.24) is 20.6 Å². The molecule has 0 aliphatic rings. The largest absolute Gasteiger partial charge is 0.347 e. The zero-order valence-corrected chi connectivity index (χ0v) is 14.1. The highest BCUT2D eigenvalue weighted by molar-refractivity contribution is 5.92. The van der Waals surface area contributed by atoms with Crippen molar-refractivity contribution >= 4 is 11.8 Å². The molecule has 0 aliphatic heterocycles. The van der Waals surface area contributed by atoms with Crippen LogP contribution in [0.1, 0.15) is 32.1 Å². The zero-order chi connectivity index (χ0) is 18.2. The molecule has 130 valence electrons. The van der Waals surface area contributed by atoms with Crippen LogP contribution in [0.3, 0.4) is 0 Å². The average Bonchev–Trinajstić information content (AvgIpc) is 2.72. The first-order chi connectivity index (χ1) is 12.7. The normalized spacial score (nSPS) is 10.2. The SMILES string of the molecule is O=C(NCc1cccc(CNC(=O)c2ccccn2)c1)c1ccccn1. The van der Waals surface area contributed by atoms with Crippen LogP contribution in [-0.2, 0) is 13.1 Å². The molecule has 0 spiro atoms. The lowest BCUT2D eigenvalue weighted by Gasteiger charge is -2.08. The fourth-order valence-corrected chi connectivity index (χ4v) is 2.39. The van der Waals surface area contributed by atoms with E-state index in [4.69, 9.17) is 0 Å². The molecule has 6 nitrogen and oxygen atoms in total. The number of carbonyl (C=O) groups excluding carboxylic acids is 2. The van der Waals surface area contributed by atoms with E-state index in [1.165, 1.54) is 0 Å². The Morgan fingerprint density at radius 1 is 0.692 bits per heavy atom. The van der Waals surface area contributed by atoms with Gasteiger partial charge in [-0.15, -0.1) is 0 Å². The quantitative estimate of drug-likeness (QED) is 0.717. The van der Waals surface area contributed by atoms with Crippen LogP contribution in [0.2, 0.25) is 0 Å². The monoisotopic (exact) mass is 346 g/mol. The van der Waals surface area contributed by atoms with E-state index in [0.29, 0.717) is 24.5 Å². The number of aromatic nitrogens is 2. The van der Waals surface area contributed by atoms with Gasteiger partial charge < -0.3 is 10.6 Å². The highest BCUT2D eigenvalue weighted by Crippen LogP contribution is 2.06. The maximum Gasteiger partial charge on any atom is 0.270 e. The van der Waals surface area contributed by atoms with E-state index in [1.54, 1.807) is 48.8 Å². The zero-order valence-electron chi connectivity index (χ0n) is 14.1. The van der Waals surface area contributed by atoms with E-state index >= 15 is 0 Å². The molecule has 0 saturated carbocycles. The second-order valence-electron chi connectivity index (χ2n) is 5.62. The van der Waals surface area contributed by atoms with Crippen molar-refractivity contribution in [3.05, 3.63) is 95.6 Å². The van der Waals surface area contributed by atoms with Gasteiger partial charge in [-0.1, -0.05) is 36.4 Å². The van der Waals surface area contributed by atoms with Gasteiger partial charge in [0, 0.05) is 25.5 Å². The Kier molecular flexibility index (Phi) is 5.67. The minimum absolute atomic E-state index is 0.223. The molecule has 3 rings (SSSR count). The van der Waals surface area contributed by atoms with Crippen LogP contribution in [-0.4, -0.2) is 21.8 Å². The van der Waals surface area contributed by atoms with E-state index in [1.807, 2.05) is 24.3 Å². The summed E-state index contributed by atoms with van der Waals surface area (Å²) in [6.07, 6.45) is 3.17. The summed E-state index contributed by atoms with van der Waals surface area (Å²) in [7, 11) is 0. The van der Waals surface area contributed by atoms with Crippen molar-refractivity contribution in [1.29, 1.82) is 0 Å². The van der Waals surface area contributed by atoms with Crippen molar-refractivity contribution in [2.75, 3.05) is 0 Å². The predicted octanol–water partition coefficient (Wildman–Crippen LogP) is 2.34. The molecule has 3 aromatic rings. The lowest BCUT2D eigenvalue weighted by molar-refractivity contribution is 0.0938. The van der Waals surface area contributed by atoms with Crippen molar-refractivity contribution < 1.29 is 9.59 Å². The van der Waals surface area contributed by atoms with Crippen molar-refractivity contribution in [2.45, 2.75) is 13.1 Å².